The summed E-state index contributed by atoms with van der Waals surface area (Å²) in [6.07, 6.45) is 2.57. The molecular weight excluding hydrogens is 351 g/mol. The van der Waals surface area contributed by atoms with E-state index in [-0.39, 0.29) is 18.0 Å². The summed E-state index contributed by atoms with van der Waals surface area (Å²) in [4.78, 5) is 15.0. The summed E-state index contributed by atoms with van der Waals surface area (Å²) in [5, 5.41) is 0. The molecule has 0 unspecified atom stereocenters. The van der Waals surface area contributed by atoms with E-state index >= 15 is 0 Å². The number of likely N-dealkylation sites (tertiary alicyclic amines) is 1. The van der Waals surface area contributed by atoms with Gasteiger partial charge < -0.3 is 14.2 Å². The lowest BCUT2D eigenvalue weighted by Crippen LogP contribution is -2.29. The Balaban J connectivity index is 1.44. The van der Waals surface area contributed by atoms with Crippen molar-refractivity contribution in [2.75, 3.05) is 19.8 Å². The van der Waals surface area contributed by atoms with Gasteiger partial charge in [-0.2, -0.15) is 0 Å². The van der Waals surface area contributed by atoms with Crippen LogP contribution in [0.3, 0.4) is 0 Å². The fraction of sp³-hybridized carbons (Fsp3) is 0.526. The van der Waals surface area contributed by atoms with Gasteiger partial charge in [-0.25, -0.2) is 19.3 Å². The van der Waals surface area contributed by atoms with Crippen LogP contribution >= 0.6 is 0 Å². The van der Waals surface area contributed by atoms with Crippen LogP contribution in [0.25, 0.3) is 0 Å². The van der Waals surface area contributed by atoms with Crippen molar-refractivity contribution >= 4 is 0 Å². The molecule has 0 aromatic carbocycles. The summed E-state index contributed by atoms with van der Waals surface area (Å²) >= 11 is 0. The van der Waals surface area contributed by atoms with Gasteiger partial charge in [-0.05, 0) is 20.8 Å². The van der Waals surface area contributed by atoms with Gasteiger partial charge in [-0.1, -0.05) is 0 Å². The molecule has 2 aromatic rings. The van der Waals surface area contributed by atoms with Crippen LogP contribution in [0.1, 0.15) is 30.6 Å². The minimum Gasteiger partial charge on any atom is -0.486 e. The first-order valence-corrected chi connectivity index (χ1v) is 9.15. The maximum Gasteiger partial charge on any atom is 0.257 e. The van der Waals surface area contributed by atoms with Crippen LogP contribution in [-0.2, 0) is 6.54 Å². The second-order valence-electron chi connectivity index (χ2n) is 7.04. The number of fused-ring (bicyclic) bond motifs is 1. The number of pyridine rings is 1. The number of nitrogens with zero attached hydrogens (tertiary/aromatic N) is 4. The van der Waals surface area contributed by atoms with Crippen molar-refractivity contribution in [2.24, 2.45) is 0 Å². The largest absolute Gasteiger partial charge is 0.486 e. The van der Waals surface area contributed by atoms with Crippen molar-refractivity contribution in [3.8, 4) is 17.4 Å². The molecule has 2 aliphatic heterocycles. The summed E-state index contributed by atoms with van der Waals surface area (Å²) in [5.41, 5.74) is 1.19. The van der Waals surface area contributed by atoms with Gasteiger partial charge in [0.05, 0.1) is 17.6 Å². The zero-order valence-corrected chi connectivity index (χ0v) is 15.7. The molecule has 144 valence electrons. The number of hydrogen-bond donors (Lipinski definition) is 0. The topological polar surface area (TPSA) is 69.6 Å². The Labute approximate surface area is 157 Å². The molecule has 27 heavy (non-hydrogen) atoms. The van der Waals surface area contributed by atoms with Crippen LogP contribution in [-0.4, -0.2) is 51.8 Å². The molecule has 0 aliphatic carbocycles. The molecule has 0 radical (unpaired) electrons. The normalized spacial score (nSPS) is 22.1. The molecule has 0 bridgehead atoms. The first kappa shape index (κ1) is 17.9. The fourth-order valence-corrected chi connectivity index (χ4v) is 3.51. The molecule has 1 fully saturated rings. The Morgan fingerprint density at radius 3 is 2.89 bits per heavy atom. The van der Waals surface area contributed by atoms with Crippen LogP contribution in [0.15, 0.2) is 12.3 Å². The van der Waals surface area contributed by atoms with Crippen LogP contribution in [0.5, 0.6) is 17.4 Å². The van der Waals surface area contributed by atoms with Gasteiger partial charge in [0.15, 0.2) is 11.5 Å². The Kier molecular flexibility index (Phi) is 4.82. The first-order chi connectivity index (χ1) is 13.0. The maximum absolute atomic E-state index is 14.4. The highest BCUT2D eigenvalue weighted by Crippen LogP contribution is 2.31. The summed E-state index contributed by atoms with van der Waals surface area (Å²) < 4.78 is 31.4. The van der Waals surface area contributed by atoms with Crippen LogP contribution in [0, 0.1) is 19.7 Å². The summed E-state index contributed by atoms with van der Waals surface area (Å²) in [6.45, 7) is 7.80. The lowest BCUT2D eigenvalue weighted by molar-refractivity contribution is 0.160. The molecular formula is C19H23FN4O3. The van der Waals surface area contributed by atoms with E-state index in [0.29, 0.717) is 49.4 Å². The van der Waals surface area contributed by atoms with Crippen molar-refractivity contribution in [3.63, 3.8) is 0 Å². The molecule has 7 nitrogen and oxygen atoms in total. The first-order valence-electron chi connectivity index (χ1n) is 9.15. The summed E-state index contributed by atoms with van der Waals surface area (Å²) in [6, 6.07) is 1.61. The highest BCUT2D eigenvalue weighted by atomic mass is 19.1. The Morgan fingerprint density at radius 1 is 1.26 bits per heavy atom. The third kappa shape index (κ3) is 3.80. The third-order valence-corrected chi connectivity index (χ3v) is 4.93. The number of ether oxygens (including phenoxy) is 3. The van der Waals surface area contributed by atoms with E-state index < -0.39 is 0 Å². The number of halogens is 1. The molecule has 2 atom stereocenters. The Morgan fingerprint density at radius 2 is 2.07 bits per heavy atom. The molecule has 0 N–H and O–H groups in total. The van der Waals surface area contributed by atoms with Crippen LogP contribution in [0.4, 0.5) is 4.39 Å². The van der Waals surface area contributed by atoms with Gasteiger partial charge in [-0.15, -0.1) is 0 Å². The second kappa shape index (κ2) is 7.26. The smallest absolute Gasteiger partial charge is 0.257 e. The van der Waals surface area contributed by atoms with Crippen molar-refractivity contribution in [2.45, 2.75) is 45.9 Å². The predicted molar refractivity (Wildman–Crippen MR) is 95.6 cm³/mol. The van der Waals surface area contributed by atoms with Gasteiger partial charge in [-0.3, -0.25) is 4.90 Å². The second-order valence-corrected chi connectivity index (χ2v) is 7.04. The number of aromatic nitrogens is 3. The lowest BCUT2D eigenvalue weighted by Gasteiger charge is -2.22. The predicted octanol–water partition coefficient (Wildman–Crippen LogP) is 2.44. The highest BCUT2D eigenvalue weighted by molar-refractivity contribution is 5.36. The van der Waals surface area contributed by atoms with Crippen molar-refractivity contribution in [1.29, 1.82) is 0 Å². The van der Waals surface area contributed by atoms with E-state index in [4.69, 9.17) is 14.2 Å². The molecule has 2 aliphatic rings. The Hall–Kier alpha value is -2.48. The third-order valence-electron chi connectivity index (χ3n) is 4.93. The van der Waals surface area contributed by atoms with Gasteiger partial charge in [0, 0.05) is 31.6 Å². The van der Waals surface area contributed by atoms with Gasteiger partial charge in [0.2, 0.25) is 0 Å². The van der Waals surface area contributed by atoms with E-state index in [0.717, 1.165) is 17.9 Å². The van der Waals surface area contributed by atoms with E-state index in [9.17, 15) is 4.39 Å². The molecule has 0 saturated carbocycles. The zero-order valence-electron chi connectivity index (χ0n) is 15.7. The van der Waals surface area contributed by atoms with Crippen molar-refractivity contribution in [3.05, 3.63) is 35.3 Å². The van der Waals surface area contributed by atoms with E-state index in [1.165, 1.54) is 6.07 Å². The standard InChI is InChI=1S/C19H23FN4O3/c1-11-6-14(27-18-8-21-13(3)22-12(18)2)9-24(11)10-16-15(20)7-17-19(23-16)26-5-4-25-17/h7-8,11,14H,4-6,9-10H2,1-3H3/t11-,14+/m0/s1. The Bertz CT molecular complexity index is 848. The monoisotopic (exact) mass is 374 g/mol. The molecule has 1 saturated heterocycles. The molecule has 2 aromatic heterocycles. The minimum absolute atomic E-state index is 0.00489. The highest BCUT2D eigenvalue weighted by Gasteiger charge is 2.32. The quantitative estimate of drug-likeness (QED) is 0.814. The van der Waals surface area contributed by atoms with E-state index in [2.05, 4.69) is 26.8 Å². The molecule has 4 rings (SSSR count). The lowest BCUT2D eigenvalue weighted by atomic mass is 10.2. The van der Waals surface area contributed by atoms with Crippen LogP contribution < -0.4 is 14.2 Å². The zero-order chi connectivity index (χ0) is 19.0. The van der Waals surface area contributed by atoms with Crippen molar-refractivity contribution < 1.29 is 18.6 Å². The average molecular weight is 374 g/mol. The summed E-state index contributed by atoms with van der Waals surface area (Å²) in [5.74, 6) is 1.78. The number of aryl methyl sites for hydroxylation is 2. The fourth-order valence-electron chi connectivity index (χ4n) is 3.51. The van der Waals surface area contributed by atoms with Crippen molar-refractivity contribution in [1.82, 2.24) is 19.9 Å². The van der Waals surface area contributed by atoms with E-state index in [1.54, 1.807) is 6.20 Å². The minimum atomic E-state index is -0.376. The number of rotatable bonds is 4. The molecule has 4 heterocycles. The number of hydrogen-bond acceptors (Lipinski definition) is 7. The van der Waals surface area contributed by atoms with Crippen LogP contribution in [0.2, 0.25) is 0 Å². The van der Waals surface area contributed by atoms with E-state index in [1.807, 2.05) is 13.8 Å². The van der Waals surface area contributed by atoms with Gasteiger partial charge in [0.1, 0.15) is 31.0 Å². The SMILES string of the molecule is Cc1ncc(O[C@@H]2C[C@H](C)N(Cc3nc4c(cc3F)OCCO4)C2)c(C)n1. The molecule has 0 spiro atoms. The summed E-state index contributed by atoms with van der Waals surface area (Å²) in [7, 11) is 0. The van der Waals surface area contributed by atoms with Gasteiger partial charge >= 0.3 is 0 Å². The molecule has 8 heteroatoms. The van der Waals surface area contributed by atoms with Gasteiger partial charge in [0.25, 0.3) is 5.88 Å². The molecule has 0 amide bonds. The maximum atomic E-state index is 14.4. The average Bonchev–Trinajstić information content (AvgIpc) is 2.97.